The highest BCUT2D eigenvalue weighted by atomic mass is 32.2. The molecule has 0 aliphatic heterocycles. The molecule has 0 saturated heterocycles. The third kappa shape index (κ3) is 3.14. The summed E-state index contributed by atoms with van der Waals surface area (Å²) in [6, 6.07) is 17.8. The van der Waals surface area contributed by atoms with E-state index in [1.54, 1.807) is 18.4 Å². The highest BCUT2D eigenvalue weighted by molar-refractivity contribution is 8.05. The van der Waals surface area contributed by atoms with Crippen LogP contribution in [0.15, 0.2) is 57.8 Å². The monoisotopic (exact) mass is 324 g/mol. The van der Waals surface area contributed by atoms with Crippen LogP contribution in [0.5, 0.6) is 5.75 Å². The van der Waals surface area contributed by atoms with Crippen molar-refractivity contribution >= 4 is 39.4 Å². The van der Waals surface area contributed by atoms with Crippen LogP contribution in [0.25, 0.3) is 16.3 Å². The third-order valence-electron chi connectivity index (χ3n) is 3.01. The van der Waals surface area contributed by atoms with Crippen LogP contribution in [-0.4, -0.2) is 12.1 Å². The van der Waals surface area contributed by atoms with Gasteiger partial charge in [-0.2, -0.15) is 5.26 Å². The molecule has 108 valence electrons. The molecule has 0 aliphatic rings. The van der Waals surface area contributed by atoms with Crippen LogP contribution in [0.2, 0.25) is 0 Å². The number of fused-ring (bicyclic) bond motifs is 1. The van der Waals surface area contributed by atoms with E-state index in [0.717, 1.165) is 25.9 Å². The molecule has 0 atom stereocenters. The lowest BCUT2D eigenvalue weighted by Gasteiger charge is -2.04. The van der Waals surface area contributed by atoms with Gasteiger partial charge < -0.3 is 4.74 Å². The van der Waals surface area contributed by atoms with Gasteiger partial charge in [0.15, 0.2) is 4.34 Å². The van der Waals surface area contributed by atoms with E-state index in [2.05, 4.69) is 11.1 Å². The number of para-hydroxylation sites is 2. The summed E-state index contributed by atoms with van der Waals surface area (Å²) < 4.78 is 7.30. The Morgan fingerprint density at radius 3 is 2.77 bits per heavy atom. The number of hydrogen-bond donors (Lipinski definition) is 0. The summed E-state index contributed by atoms with van der Waals surface area (Å²) >= 11 is 2.97. The molecule has 3 rings (SSSR count). The summed E-state index contributed by atoms with van der Waals surface area (Å²) in [7, 11) is 1.62. The molecule has 0 radical (unpaired) electrons. The number of hydrogen-bond acceptors (Lipinski definition) is 5. The normalized spacial score (nSPS) is 11.4. The largest absolute Gasteiger partial charge is 0.496 e. The van der Waals surface area contributed by atoms with Gasteiger partial charge in [0.25, 0.3) is 0 Å². The van der Waals surface area contributed by atoms with E-state index >= 15 is 0 Å². The molecular formula is C17H12N2OS2. The topological polar surface area (TPSA) is 45.9 Å². The molecule has 1 aromatic heterocycles. The molecule has 5 heteroatoms. The highest BCUT2D eigenvalue weighted by Crippen LogP contribution is 2.35. The predicted molar refractivity (Wildman–Crippen MR) is 92.1 cm³/mol. The number of ether oxygens (including phenoxy) is 1. The third-order valence-corrected chi connectivity index (χ3v) is 5.03. The fourth-order valence-electron chi connectivity index (χ4n) is 2.00. The van der Waals surface area contributed by atoms with E-state index in [1.807, 2.05) is 54.6 Å². The van der Waals surface area contributed by atoms with Gasteiger partial charge >= 0.3 is 0 Å². The average Bonchev–Trinajstić information content (AvgIpc) is 2.97. The molecule has 2 aromatic carbocycles. The second-order valence-corrected chi connectivity index (χ2v) is 6.73. The molecule has 1 heterocycles. The molecule has 0 saturated carbocycles. The lowest BCUT2D eigenvalue weighted by atomic mass is 10.2. The predicted octanol–water partition coefficient (Wildman–Crippen LogP) is 4.96. The van der Waals surface area contributed by atoms with Crippen LogP contribution in [0.3, 0.4) is 0 Å². The van der Waals surface area contributed by atoms with Gasteiger partial charge in [0.05, 0.1) is 22.2 Å². The quantitative estimate of drug-likeness (QED) is 0.502. The van der Waals surface area contributed by atoms with E-state index < -0.39 is 0 Å². The van der Waals surface area contributed by atoms with Crippen molar-refractivity contribution < 1.29 is 4.74 Å². The number of allylic oxidation sites excluding steroid dienone is 1. The Hall–Kier alpha value is -2.29. The first-order valence-corrected chi connectivity index (χ1v) is 8.21. The van der Waals surface area contributed by atoms with Crippen molar-refractivity contribution in [3.63, 3.8) is 0 Å². The smallest absolute Gasteiger partial charge is 0.156 e. The van der Waals surface area contributed by atoms with Crippen molar-refractivity contribution in [2.24, 2.45) is 0 Å². The lowest BCUT2D eigenvalue weighted by Crippen LogP contribution is -1.86. The maximum absolute atomic E-state index is 9.38. The second kappa shape index (κ2) is 6.65. The van der Waals surface area contributed by atoms with Crippen LogP contribution in [0, 0.1) is 11.3 Å². The Morgan fingerprint density at radius 2 is 2.00 bits per heavy atom. The molecule has 0 N–H and O–H groups in total. The molecule has 3 aromatic rings. The van der Waals surface area contributed by atoms with Gasteiger partial charge in [0, 0.05) is 5.56 Å². The Kier molecular flexibility index (Phi) is 4.42. The zero-order valence-electron chi connectivity index (χ0n) is 11.8. The first-order valence-electron chi connectivity index (χ1n) is 6.58. The molecule has 0 bridgehead atoms. The molecule has 0 aliphatic carbocycles. The van der Waals surface area contributed by atoms with Crippen LogP contribution in [-0.2, 0) is 0 Å². The summed E-state index contributed by atoms with van der Waals surface area (Å²) in [5.41, 5.74) is 1.85. The Morgan fingerprint density at radius 1 is 1.23 bits per heavy atom. The Labute approximate surface area is 136 Å². The number of aromatic nitrogens is 1. The summed E-state index contributed by atoms with van der Waals surface area (Å²) in [6.45, 7) is 0. The number of thiazole rings is 1. The van der Waals surface area contributed by atoms with Crippen molar-refractivity contribution in [2.45, 2.75) is 4.34 Å². The molecule has 0 fully saturated rings. The minimum atomic E-state index is 0.587. The van der Waals surface area contributed by atoms with Crippen molar-refractivity contribution in [2.75, 3.05) is 7.11 Å². The molecular weight excluding hydrogens is 312 g/mol. The molecule has 0 amide bonds. The summed E-state index contributed by atoms with van der Waals surface area (Å²) in [5.74, 6) is 0.750. The fraction of sp³-hybridized carbons (Fsp3) is 0.0588. The van der Waals surface area contributed by atoms with Gasteiger partial charge in [0.2, 0.25) is 0 Å². The summed E-state index contributed by atoms with van der Waals surface area (Å²) in [5, 5.41) is 9.38. The van der Waals surface area contributed by atoms with Crippen molar-refractivity contribution in [3.05, 3.63) is 59.0 Å². The number of benzene rings is 2. The second-order valence-electron chi connectivity index (χ2n) is 4.41. The number of nitrogens with zero attached hydrogens (tertiary/aromatic N) is 2. The number of rotatable bonds is 4. The molecule has 3 nitrogen and oxygen atoms in total. The summed E-state index contributed by atoms with van der Waals surface area (Å²) in [6.07, 6.45) is 1.83. The van der Waals surface area contributed by atoms with Gasteiger partial charge in [-0.1, -0.05) is 30.3 Å². The van der Waals surface area contributed by atoms with E-state index in [0.29, 0.717) is 4.91 Å². The van der Waals surface area contributed by atoms with Gasteiger partial charge in [-0.25, -0.2) is 4.98 Å². The zero-order chi connectivity index (χ0) is 15.4. The Balaban J connectivity index is 1.91. The Bertz CT molecular complexity index is 844. The van der Waals surface area contributed by atoms with Gasteiger partial charge in [-0.05, 0) is 36.0 Å². The van der Waals surface area contributed by atoms with Crippen LogP contribution in [0.1, 0.15) is 5.56 Å². The molecule has 22 heavy (non-hydrogen) atoms. The maximum Gasteiger partial charge on any atom is 0.156 e. The van der Waals surface area contributed by atoms with E-state index in [1.165, 1.54) is 11.8 Å². The SMILES string of the molecule is COc1ccccc1C=C(C#N)Sc1nc2ccccc2s1. The van der Waals surface area contributed by atoms with Crippen molar-refractivity contribution in [1.29, 1.82) is 5.26 Å². The van der Waals surface area contributed by atoms with Crippen LogP contribution in [0.4, 0.5) is 0 Å². The van der Waals surface area contributed by atoms with Crippen molar-refractivity contribution in [3.8, 4) is 11.8 Å². The van der Waals surface area contributed by atoms with Gasteiger partial charge in [0.1, 0.15) is 11.8 Å². The zero-order valence-corrected chi connectivity index (χ0v) is 13.4. The first kappa shape index (κ1) is 14.6. The van der Waals surface area contributed by atoms with Gasteiger partial charge in [-0.15, -0.1) is 11.3 Å². The van der Waals surface area contributed by atoms with Crippen LogP contribution < -0.4 is 4.74 Å². The lowest BCUT2D eigenvalue weighted by molar-refractivity contribution is 0.414. The number of thioether (sulfide) groups is 1. The van der Waals surface area contributed by atoms with E-state index in [-0.39, 0.29) is 0 Å². The molecule has 0 unspecified atom stereocenters. The standard InChI is InChI=1S/C17H12N2OS2/c1-20-15-8-4-2-6-12(15)10-13(11-18)21-17-19-14-7-3-5-9-16(14)22-17/h2-10H,1H3. The fourth-order valence-corrected chi connectivity index (χ4v) is 3.97. The first-order chi connectivity index (χ1) is 10.8. The highest BCUT2D eigenvalue weighted by Gasteiger charge is 2.08. The number of nitriles is 1. The van der Waals surface area contributed by atoms with E-state index in [9.17, 15) is 5.26 Å². The minimum absolute atomic E-state index is 0.587. The average molecular weight is 324 g/mol. The van der Waals surface area contributed by atoms with Gasteiger partial charge in [-0.3, -0.25) is 0 Å². The van der Waals surface area contributed by atoms with Crippen LogP contribution >= 0.6 is 23.1 Å². The maximum atomic E-state index is 9.38. The minimum Gasteiger partial charge on any atom is -0.496 e. The van der Waals surface area contributed by atoms with E-state index in [4.69, 9.17) is 4.74 Å². The molecule has 0 spiro atoms. The summed E-state index contributed by atoms with van der Waals surface area (Å²) in [4.78, 5) is 5.13. The number of methoxy groups -OCH3 is 1. The van der Waals surface area contributed by atoms with Crippen molar-refractivity contribution in [1.82, 2.24) is 4.98 Å².